The van der Waals surface area contributed by atoms with E-state index in [1.54, 1.807) is 17.3 Å². The minimum absolute atomic E-state index is 0.0411. The molecule has 16 heteroatoms. The number of imidazole rings is 1. The molecular formula is C24H32F3N9O3S. The van der Waals surface area contributed by atoms with Gasteiger partial charge < -0.3 is 14.5 Å². The Morgan fingerprint density at radius 1 is 0.950 bits per heavy atom. The maximum absolute atomic E-state index is 13.9. The number of ether oxygens (including phenoxy) is 1. The molecule has 0 amide bonds. The van der Waals surface area contributed by atoms with Crippen LogP contribution in [0.4, 0.5) is 24.9 Å². The number of fused-ring (bicyclic) bond motifs is 1. The predicted molar refractivity (Wildman–Crippen MR) is 143 cm³/mol. The van der Waals surface area contributed by atoms with Gasteiger partial charge in [-0.25, -0.2) is 33.3 Å². The zero-order valence-corrected chi connectivity index (χ0v) is 23.2. The molecule has 12 nitrogen and oxygen atoms in total. The molecule has 2 aliphatic rings. The van der Waals surface area contributed by atoms with E-state index in [0.29, 0.717) is 43.5 Å². The van der Waals surface area contributed by atoms with Gasteiger partial charge in [-0.2, -0.15) is 17.5 Å². The van der Waals surface area contributed by atoms with Gasteiger partial charge in [0, 0.05) is 58.1 Å². The van der Waals surface area contributed by atoms with Crippen molar-refractivity contribution in [2.24, 2.45) is 0 Å². The summed E-state index contributed by atoms with van der Waals surface area (Å²) in [4.78, 5) is 26.4. The van der Waals surface area contributed by atoms with Crippen LogP contribution in [0.2, 0.25) is 0 Å². The Kier molecular flexibility index (Phi) is 8.10. The Balaban J connectivity index is 1.62. The van der Waals surface area contributed by atoms with Gasteiger partial charge in [-0.15, -0.1) is 0 Å². The summed E-state index contributed by atoms with van der Waals surface area (Å²) in [5.41, 5.74) is 0.773. The number of sulfonamides is 1. The topological polar surface area (TPSA) is 122 Å². The fourth-order valence-corrected chi connectivity index (χ4v) is 5.65. The number of nitrogens with zero attached hydrogens (tertiary/aromatic N) is 9. The number of hydrogen-bond acceptors (Lipinski definition) is 10. The maximum atomic E-state index is 13.9. The van der Waals surface area contributed by atoms with Crippen LogP contribution >= 0.6 is 0 Å². The van der Waals surface area contributed by atoms with Crippen LogP contribution in [0.5, 0.6) is 0 Å². The lowest BCUT2D eigenvalue weighted by atomic mass is 10.2. The number of halogens is 3. The highest BCUT2D eigenvalue weighted by Crippen LogP contribution is 2.33. The van der Waals surface area contributed by atoms with Crippen LogP contribution in [0.3, 0.4) is 0 Å². The smallest absolute Gasteiger partial charge is 0.378 e. The van der Waals surface area contributed by atoms with Crippen molar-refractivity contribution < 1.29 is 26.3 Å². The van der Waals surface area contributed by atoms with Gasteiger partial charge >= 0.3 is 6.18 Å². The second-order valence-corrected chi connectivity index (χ2v) is 11.9. The van der Waals surface area contributed by atoms with Crippen LogP contribution in [0.1, 0.15) is 25.6 Å². The summed E-state index contributed by atoms with van der Waals surface area (Å²) in [5.74, 6) is 1.37. The summed E-state index contributed by atoms with van der Waals surface area (Å²) in [7, 11) is -3.41. The highest BCUT2D eigenvalue weighted by molar-refractivity contribution is 7.88. The monoisotopic (exact) mass is 583 g/mol. The van der Waals surface area contributed by atoms with Crippen LogP contribution < -0.4 is 9.80 Å². The molecule has 0 aromatic carbocycles. The quantitative estimate of drug-likeness (QED) is 0.390. The van der Waals surface area contributed by atoms with Crippen molar-refractivity contribution in [2.75, 3.05) is 68.5 Å². The van der Waals surface area contributed by atoms with E-state index in [4.69, 9.17) is 9.72 Å². The maximum Gasteiger partial charge on any atom is 0.406 e. The second-order valence-electron chi connectivity index (χ2n) is 9.90. The molecule has 0 spiro atoms. The molecule has 0 aliphatic carbocycles. The Hall–Kier alpha value is -3.11. The standard InChI is InChI=1S/C24H32F3N9O3S/c1-3-4-5-18-28-14-17(15-29-18)20-31-21(33-10-12-39-13-11-33)19-22(32-20)36(16-24(25,26)27)23(30-19)34-6-8-35(9-7-34)40(2,37)38/h14-15H,3-13,16H2,1-2H3. The second kappa shape index (κ2) is 11.4. The van der Waals surface area contributed by atoms with E-state index in [0.717, 1.165) is 30.1 Å². The molecule has 218 valence electrons. The van der Waals surface area contributed by atoms with E-state index in [1.165, 1.54) is 4.31 Å². The molecule has 0 radical (unpaired) electrons. The van der Waals surface area contributed by atoms with E-state index in [-0.39, 0.29) is 49.1 Å². The molecule has 2 saturated heterocycles. The highest BCUT2D eigenvalue weighted by Gasteiger charge is 2.35. The van der Waals surface area contributed by atoms with Gasteiger partial charge in [0.1, 0.15) is 12.4 Å². The van der Waals surface area contributed by atoms with Crippen molar-refractivity contribution in [1.82, 2.24) is 33.8 Å². The van der Waals surface area contributed by atoms with Gasteiger partial charge in [0.2, 0.25) is 16.0 Å². The molecule has 0 saturated carbocycles. The van der Waals surface area contributed by atoms with Crippen molar-refractivity contribution in [3.05, 3.63) is 18.2 Å². The molecule has 3 aromatic heterocycles. The number of piperazine rings is 1. The van der Waals surface area contributed by atoms with Crippen molar-refractivity contribution >= 4 is 33.0 Å². The lowest BCUT2D eigenvalue weighted by Gasteiger charge is -2.34. The Morgan fingerprint density at radius 3 is 2.23 bits per heavy atom. The number of morpholine rings is 1. The molecular weight excluding hydrogens is 551 g/mol. The first-order valence-corrected chi connectivity index (χ1v) is 15.1. The number of rotatable bonds is 8. The number of hydrogen-bond donors (Lipinski definition) is 0. The lowest BCUT2D eigenvalue weighted by Crippen LogP contribution is -2.49. The van der Waals surface area contributed by atoms with Crippen molar-refractivity contribution in [2.45, 2.75) is 38.9 Å². The fourth-order valence-electron chi connectivity index (χ4n) is 4.82. The van der Waals surface area contributed by atoms with Gasteiger partial charge in [0.25, 0.3) is 0 Å². The van der Waals surface area contributed by atoms with E-state index >= 15 is 0 Å². The normalized spacial score (nSPS) is 17.6. The van der Waals surface area contributed by atoms with Crippen LogP contribution in [0.15, 0.2) is 12.4 Å². The molecule has 0 atom stereocenters. The summed E-state index contributed by atoms with van der Waals surface area (Å²) in [6.45, 7) is 3.30. The number of aryl methyl sites for hydroxylation is 1. The van der Waals surface area contributed by atoms with Gasteiger partial charge in [0.15, 0.2) is 22.8 Å². The van der Waals surface area contributed by atoms with E-state index in [9.17, 15) is 21.6 Å². The third kappa shape index (κ3) is 6.28. The summed E-state index contributed by atoms with van der Waals surface area (Å²) >= 11 is 0. The first kappa shape index (κ1) is 28.4. The van der Waals surface area contributed by atoms with Gasteiger partial charge in [-0.3, -0.25) is 4.57 Å². The van der Waals surface area contributed by atoms with Crippen molar-refractivity contribution in [3.8, 4) is 11.4 Å². The van der Waals surface area contributed by atoms with Crippen LogP contribution in [-0.2, 0) is 27.7 Å². The predicted octanol–water partition coefficient (Wildman–Crippen LogP) is 2.11. The molecule has 2 fully saturated rings. The number of alkyl halides is 3. The zero-order valence-electron chi connectivity index (χ0n) is 22.4. The third-order valence-corrected chi connectivity index (χ3v) is 8.22. The average Bonchev–Trinajstić information content (AvgIpc) is 3.28. The van der Waals surface area contributed by atoms with Crippen molar-refractivity contribution in [3.63, 3.8) is 0 Å². The highest BCUT2D eigenvalue weighted by atomic mass is 32.2. The SMILES string of the molecule is CCCCc1ncc(-c2nc(N3CCOCC3)c3nc(N4CCN(S(C)(=O)=O)CC4)n(CC(F)(F)F)c3n2)cn1. The third-order valence-electron chi connectivity index (χ3n) is 6.91. The molecule has 0 unspecified atom stereocenters. The summed E-state index contributed by atoms with van der Waals surface area (Å²) in [5, 5.41) is 0. The van der Waals surface area contributed by atoms with E-state index < -0.39 is 22.7 Å². The molecule has 2 aliphatic heterocycles. The fraction of sp³-hybridized carbons (Fsp3) is 0.625. The molecule has 5 heterocycles. The van der Waals surface area contributed by atoms with Crippen LogP contribution in [0.25, 0.3) is 22.6 Å². The van der Waals surface area contributed by atoms with Gasteiger partial charge in [-0.1, -0.05) is 13.3 Å². The van der Waals surface area contributed by atoms with Crippen molar-refractivity contribution in [1.29, 1.82) is 0 Å². The average molecular weight is 584 g/mol. The molecule has 40 heavy (non-hydrogen) atoms. The van der Waals surface area contributed by atoms with Crippen LogP contribution in [-0.4, -0.2) is 107 Å². The summed E-state index contributed by atoms with van der Waals surface area (Å²) < 4.78 is 73.5. The summed E-state index contributed by atoms with van der Waals surface area (Å²) in [6.07, 6.45) is 2.43. The summed E-state index contributed by atoms with van der Waals surface area (Å²) in [6, 6.07) is 0. The van der Waals surface area contributed by atoms with Gasteiger partial charge in [-0.05, 0) is 6.42 Å². The number of anilines is 2. The van der Waals surface area contributed by atoms with E-state index in [1.807, 2.05) is 4.90 Å². The molecule has 5 rings (SSSR count). The number of aromatic nitrogens is 6. The van der Waals surface area contributed by atoms with E-state index in [2.05, 4.69) is 26.9 Å². The molecule has 3 aromatic rings. The largest absolute Gasteiger partial charge is 0.406 e. The molecule has 0 N–H and O–H groups in total. The van der Waals surface area contributed by atoms with Gasteiger partial charge in [0.05, 0.1) is 25.0 Å². The Bertz CT molecular complexity index is 1430. The Morgan fingerprint density at radius 2 is 1.62 bits per heavy atom. The first-order valence-electron chi connectivity index (χ1n) is 13.2. The van der Waals surface area contributed by atoms with Crippen LogP contribution in [0, 0.1) is 0 Å². The lowest BCUT2D eigenvalue weighted by molar-refractivity contribution is -0.139. The zero-order chi connectivity index (χ0) is 28.5. The molecule has 0 bridgehead atoms. The minimum atomic E-state index is -4.55. The Labute approximate surface area is 230 Å². The first-order chi connectivity index (χ1) is 19.0. The minimum Gasteiger partial charge on any atom is -0.378 e. The number of unbranched alkanes of at least 4 members (excludes halogenated alkanes) is 1.